The number of benzene rings is 1. The normalized spacial score (nSPS) is 11.4. The van der Waals surface area contributed by atoms with Crippen molar-refractivity contribution in [1.82, 2.24) is 19.5 Å². The molecular formula is C19H18N4O2S. The van der Waals surface area contributed by atoms with Crippen LogP contribution in [0.5, 0.6) is 0 Å². The number of methoxy groups -OCH3 is 1. The monoisotopic (exact) mass is 366 g/mol. The molecule has 0 fully saturated rings. The highest BCUT2D eigenvalue weighted by Crippen LogP contribution is 2.25. The van der Waals surface area contributed by atoms with E-state index in [1.54, 1.807) is 17.9 Å². The maximum atomic E-state index is 13.0. The third-order valence-electron chi connectivity index (χ3n) is 4.17. The fourth-order valence-electron chi connectivity index (χ4n) is 2.89. The molecule has 3 aromatic heterocycles. The van der Waals surface area contributed by atoms with Crippen LogP contribution in [0.3, 0.4) is 0 Å². The Bertz CT molecular complexity index is 1110. The second kappa shape index (κ2) is 7.31. The van der Waals surface area contributed by atoms with Crippen molar-refractivity contribution in [2.45, 2.75) is 17.5 Å². The quantitative estimate of drug-likeness (QED) is 0.419. The average molecular weight is 366 g/mol. The molecule has 1 N–H and O–H groups in total. The van der Waals surface area contributed by atoms with E-state index >= 15 is 0 Å². The number of nitrogens with zero attached hydrogens (tertiary/aromatic N) is 3. The smallest absolute Gasteiger partial charge is 0.278 e. The third-order valence-corrected chi connectivity index (χ3v) is 5.18. The molecule has 0 atom stereocenters. The minimum absolute atomic E-state index is 0.0771. The zero-order chi connectivity index (χ0) is 17.9. The van der Waals surface area contributed by atoms with E-state index in [1.807, 2.05) is 42.5 Å². The number of pyridine rings is 1. The van der Waals surface area contributed by atoms with E-state index in [-0.39, 0.29) is 5.56 Å². The Morgan fingerprint density at radius 2 is 2.04 bits per heavy atom. The number of ether oxygens (including phenoxy) is 1. The summed E-state index contributed by atoms with van der Waals surface area (Å²) in [6.45, 7) is 0.905. The van der Waals surface area contributed by atoms with Crippen LogP contribution < -0.4 is 5.56 Å². The largest absolute Gasteiger partial charge is 0.383 e. The van der Waals surface area contributed by atoms with Gasteiger partial charge in [-0.05, 0) is 18.2 Å². The standard InChI is InChI=1S/C19H18N4O2S/c1-25-11-10-23-18(24)17-16(14-7-2-3-8-15(14)21-17)22-19(23)26-12-13-6-4-5-9-20-13/h2-9,21H,10-12H2,1H3. The van der Waals surface area contributed by atoms with Crippen molar-refractivity contribution in [3.63, 3.8) is 0 Å². The topological polar surface area (TPSA) is 72.8 Å². The van der Waals surface area contributed by atoms with Gasteiger partial charge in [-0.2, -0.15) is 0 Å². The summed E-state index contributed by atoms with van der Waals surface area (Å²) in [5.41, 5.74) is 3.03. The van der Waals surface area contributed by atoms with Crippen LogP contribution in [-0.4, -0.2) is 33.2 Å². The van der Waals surface area contributed by atoms with Gasteiger partial charge in [0, 0.05) is 30.0 Å². The van der Waals surface area contributed by atoms with Gasteiger partial charge in [-0.15, -0.1) is 0 Å². The number of fused-ring (bicyclic) bond motifs is 3. The molecule has 4 aromatic rings. The lowest BCUT2D eigenvalue weighted by Crippen LogP contribution is -2.25. The van der Waals surface area contributed by atoms with Crippen LogP contribution in [0.1, 0.15) is 5.69 Å². The summed E-state index contributed by atoms with van der Waals surface area (Å²) in [4.78, 5) is 25.4. The number of para-hydroxylation sites is 1. The van der Waals surface area contributed by atoms with Crippen LogP contribution in [0, 0.1) is 0 Å². The maximum Gasteiger partial charge on any atom is 0.278 e. The van der Waals surface area contributed by atoms with E-state index in [4.69, 9.17) is 9.72 Å². The van der Waals surface area contributed by atoms with Crippen molar-refractivity contribution in [3.8, 4) is 0 Å². The highest BCUT2D eigenvalue weighted by atomic mass is 32.2. The first-order valence-electron chi connectivity index (χ1n) is 8.31. The second-order valence-electron chi connectivity index (χ2n) is 5.85. The van der Waals surface area contributed by atoms with E-state index < -0.39 is 0 Å². The van der Waals surface area contributed by atoms with Gasteiger partial charge in [0.2, 0.25) is 0 Å². The lowest BCUT2D eigenvalue weighted by Gasteiger charge is -2.11. The maximum absolute atomic E-state index is 13.0. The highest BCUT2D eigenvalue weighted by molar-refractivity contribution is 7.98. The molecule has 3 heterocycles. The molecule has 0 saturated heterocycles. The first-order chi connectivity index (χ1) is 12.8. The van der Waals surface area contributed by atoms with Gasteiger partial charge < -0.3 is 9.72 Å². The minimum Gasteiger partial charge on any atom is -0.383 e. The van der Waals surface area contributed by atoms with Gasteiger partial charge in [-0.1, -0.05) is 36.0 Å². The van der Waals surface area contributed by atoms with Crippen molar-refractivity contribution in [2.75, 3.05) is 13.7 Å². The van der Waals surface area contributed by atoms with E-state index in [9.17, 15) is 4.79 Å². The summed E-state index contributed by atoms with van der Waals surface area (Å²) in [5.74, 6) is 0.647. The number of hydrogen-bond acceptors (Lipinski definition) is 5. The fraction of sp³-hybridized carbons (Fsp3) is 0.211. The van der Waals surface area contributed by atoms with Crippen molar-refractivity contribution >= 4 is 33.7 Å². The summed E-state index contributed by atoms with van der Waals surface area (Å²) >= 11 is 1.51. The van der Waals surface area contributed by atoms with E-state index in [0.29, 0.717) is 35.1 Å². The van der Waals surface area contributed by atoms with Crippen LogP contribution in [-0.2, 0) is 17.0 Å². The van der Waals surface area contributed by atoms with Gasteiger partial charge in [0.05, 0.1) is 18.8 Å². The Labute approximate surface area is 154 Å². The molecule has 0 amide bonds. The molecule has 0 unspecified atom stereocenters. The molecule has 7 heteroatoms. The average Bonchev–Trinajstić information content (AvgIpc) is 3.06. The predicted octanol–water partition coefficient (Wildman–Crippen LogP) is 3.21. The summed E-state index contributed by atoms with van der Waals surface area (Å²) in [6.07, 6.45) is 1.77. The summed E-state index contributed by atoms with van der Waals surface area (Å²) in [7, 11) is 1.63. The van der Waals surface area contributed by atoms with Crippen LogP contribution in [0.25, 0.3) is 21.9 Å². The molecular weight excluding hydrogens is 348 g/mol. The number of rotatable bonds is 6. The Kier molecular flexibility index (Phi) is 4.73. The van der Waals surface area contributed by atoms with Gasteiger partial charge in [0.25, 0.3) is 5.56 Å². The van der Waals surface area contributed by atoms with Crippen molar-refractivity contribution < 1.29 is 4.74 Å². The van der Waals surface area contributed by atoms with Gasteiger partial charge in [0.15, 0.2) is 5.16 Å². The first-order valence-corrected chi connectivity index (χ1v) is 9.29. The molecule has 26 heavy (non-hydrogen) atoms. The van der Waals surface area contributed by atoms with Gasteiger partial charge in [-0.25, -0.2) is 4.98 Å². The fourth-order valence-corrected chi connectivity index (χ4v) is 3.82. The van der Waals surface area contributed by atoms with Crippen LogP contribution in [0.4, 0.5) is 0 Å². The van der Waals surface area contributed by atoms with Crippen LogP contribution in [0.2, 0.25) is 0 Å². The first kappa shape index (κ1) is 16.8. The zero-order valence-electron chi connectivity index (χ0n) is 14.3. The number of H-pyrrole nitrogens is 1. The van der Waals surface area contributed by atoms with Crippen LogP contribution in [0.15, 0.2) is 58.6 Å². The number of nitrogens with one attached hydrogen (secondary N) is 1. The number of thioether (sulfide) groups is 1. The number of hydrogen-bond donors (Lipinski definition) is 1. The minimum atomic E-state index is -0.0771. The van der Waals surface area contributed by atoms with Gasteiger partial charge in [-0.3, -0.25) is 14.3 Å². The third kappa shape index (κ3) is 3.11. The molecule has 0 radical (unpaired) electrons. The molecule has 0 spiro atoms. The number of aromatic amines is 1. The summed E-state index contributed by atoms with van der Waals surface area (Å²) in [5, 5.41) is 1.63. The summed E-state index contributed by atoms with van der Waals surface area (Å²) < 4.78 is 6.85. The highest BCUT2D eigenvalue weighted by Gasteiger charge is 2.16. The van der Waals surface area contributed by atoms with E-state index in [2.05, 4.69) is 9.97 Å². The lowest BCUT2D eigenvalue weighted by molar-refractivity contribution is 0.183. The molecule has 6 nitrogen and oxygen atoms in total. The SMILES string of the molecule is COCCn1c(SCc2ccccn2)nc2c([nH]c3ccccc32)c1=O. The van der Waals surface area contributed by atoms with Crippen molar-refractivity contribution in [2.24, 2.45) is 0 Å². The Morgan fingerprint density at radius 3 is 2.85 bits per heavy atom. The second-order valence-corrected chi connectivity index (χ2v) is 6.79. The van der Waals surface area contributed by atoms with Gasteiger partial charge >= 0.3 is 0 Å². The molecule has 0 aliphatic heterocycles. The van der Waals surface area contributed by atoms with Gasteiger partial charge in [0.1, 0.15) is 11.0 Å². The van der Waals surface area contributed by atoms with E-state index in [1.165, 1.54) is 11.8 Å². The molecule has 4 rings (SSSR count). The molecule has 0 saturated carbocycles. The predicted molar refractivity (Wildman–Crippen MR) is 104 cm³/mol. The molecule has 0 aliphatic carbocycles. The number of aromatic nitrogens is 4. The Hall–Kier alpha value is -2.64. The Morgan fingerprint density at radius 1 is 1.19 bits per heavy atom. The van der Waals surface area contributed by atoms with Crippen molar-refractivity contribution in [1.29, 1.82) is 0 Å². The zero-order valence-corrected chi connectivity index (χ0v) is 15.1. The lowest BCUT2D eigenvalue weighted by atomic mass is 10.2. The van der Waals surface area contributed by atoms with Crippen LogP contribution >= 0.6 is 11.8 Å². The van der Waals surface area contributed by atoms with Crippen molar-refractivity contribution in [3.05, 3.63) is 64.7 Å². The molecule has 0 bridgehead atoms. The summed E-state index contributed by atoms with van der Waals surface area (Å²) in [6, 6.07) is 13.6. The molecule has 1 aromatic carbocycles. The van der Waals surface area contributed by atoms with E-state index in [0.717, 1.165) is 16.6 Å². The molecule has 0 aliphatic rings. The molecule has 132 valence electrons. The Balaban J connectivity index is 1.82.